The molecule has 0 radical (unpaired) electrons. The number of carbonyl (C=O) groups excluding carboxylic acids is 1. The number of aliphatic hydroxyl groups is 7. The third-order valence-corrected chi connectivity index (χ3v) is 13.1. The lowest BCUT2D eigenvalue weighted by molar-refractivity contribution is -0.332. The molecule has 2 aliphatic rings. The molecular formula is C56H100O14. The standard InChI is InChI=1S/C56H100O14/c1-3-5-7-9-11-13-15-17-19-21-23-25-27-29-31-33-35-37-39-48(58)68-45(42-65-40-38-36-34-32-30-28-26-24-22-20-18-16-14-12-10-8-6-4-2)43-66-55-54(64)52(62)50(60)47(70-55)44-67-56-53(63)51(61)49(59)46(41-57)69-56/h6,8,12,14,18-21,45-47,49-57,59-64H,3-5,7,9-11,13,15-17,22-44H2,1-2H3/b8-6-,14-12-,20-18-,21-19-. The van der Waals surface area contributed by atoms with E-state index in [1.807, 2.05) is 0 Å². The van der Waals surface area contributed by atoms with Gasteiger partial charge in [-0.15, -0.1) is 0 Å². The van der Waals surface area contributed by atoms with E-state index in [1.54, 1.807) is 0 Å². The van der Waals surface area contributed by atoms with E-state index in [0.717, 1.165) is 70.6 Å². The van der Waals surface area contributed by atoms with Crippen molar-refractivity contribution < 1.29 is 69.0 Å². The Morgan fingerprint density at radius 1 is 0.486 bits per heavy atom. The van der Waals surface area contributed by atoms with Crippen LogP contribution in [-0.2, 0) is 33.2 Å². The second-order valence-electron chi connectivity index (χ2n) is 19.4. The van der Waals surface area contributed by atoms with Gasteiger partial charge in [-0.05, 0) is 70.6 Å². The van der Waals surface area contributed by atoms with Crippen molar-refractivity contribution in [1.29, 1.82) is 0 Å². The highest BCUT2D eigenvalue weighted by Gasteiger charge is 2.47. The van der Waals surface area contributed by atoms with E-state index in [1.165, 1.54) is 103 Å². The predicted molar refractivity (Wildman–Crippen MR) is 275 cm³/mol. The van der Waals surface area contributed by atoms with E-state index in [2.05, 4.69) is 62.5 Å². The molecular weight excluding hydrogens is 897 g/mol. The summed E-state index contributed by atoms with van der Waals surface area (Å²) in [7, 11) is 0. The fourth-order valence-corrected chi connectivity index (χ4v) is 8.59. The first-order valence-corrected chi connectivity index (χ1v) is 27.7. The molecule has 11 atom stereocenters. The average molecular weight is 997 g/mol. The van der Waals surface area contributed by atoms with Crippen molar-refractivity contribution in [1.82, 2.24) is 0 Å². The van der Waals surface area contributed by atoms with Gasteiger partial charge in [0.2, 0.25) is 0 Å². The van der Waals surface area contributed by atoms with Crippen molar-refractivity contribution in [3.63, 3.8) is 0 Å². The highest BCUT2D eigenvalue weighted by Crippen LogP contribution is 2.26. The molecule has 0 aromatic carbocycles. The van der Waals surface area contributed by atoms with Crippen LogP contribution < -0.4 is 0 Å². The Balaban J connectivity index is 1.74. The Morgan fingerprint density at radius 3 is 1.47 bits per heavy atom. The van der Waals surface area contributed by atoms with Gasteiger partial charge in [0.25, 0.3) is 0 Å². The summed E-state index contributed by atoms with van der Waals surface area (Å²) in [5.74, 6) is -0.383. The molecule has 2 heterocycles. The number of allylic oxidation sites excluding steroid dienone is 8. The highest BCUT2D eigenvalue weighted by atomic mass is 16.7. The molecule has 2 rings (SSSR count). The van der Waals surface area contributed by atoms with Crippen molar-refractivity contribution in [3.8, 4) is 0 Å². The van der Waals surface area contributed by atoms with E-state index < -0.39 is 80.7 Å². The minimum Gasteiger partial charge on any atom is -0.457 e. The number of carbonyl (C=O) groups is 1. The molecule has 2 aliphatic heterocycles. The summed E-state index contributed by atoms with van der Waals surface area (Å²) in [5, 5.41) is 72.3. The van der Waals surface area contributed by atoms with Gasteiger partial charge in [-0.2, -0.15) is 0 Å². The van der Waals surface area contributed by atoms with Crippen LogP contribution in [0.1, 0.15) is 200 Å². The number of hydrogen-bond acceptors (Lipinski definition) is 14. The normalized spacial score (nSPS) is 25.8. The quantitative estimate of drug-likeness (QED) is 0.0172. The second kappa shape index (κ2) is 43.4. The summed E-state index contributed by atoms with van der Waals surface area (Å²) >= 11 is 0. The molecule has 0 spiro atoms. The molecule has 0 aromatic rings. The Bertz CT molecular complexity index is 1340. The summed E-state index contributed by atoms with van der Waals surface area (Å²) in [6.45, 7) is 3.57. The van der Waals surface area contributed by atoms with E-state index in [4.69, 9.17) is 28.4 Å². The van der Waals surface area contributed by atoms with Crippen LogP contribution in [0.5, 0.6) is 0 Å². The van der Waals surface area contributed by atoms with Crippen molar-refractivity contribution in [3.05, 3.63) is 48.6 Å². The maximum absolute atomic E-state index is 13.0. The van der Waals surface area contributed by atoms with E-state index in [0.29, 0.717) is 13.0 Å². The van der Waals surface area contributed by atoms with E-state index in [-0.39, 0.29) is 25.6 Å². The first kappa shape index (κ1) is 64.1. The summed E-state index contributed by atoms with van der Waals surface area (Å²) in [4.78, 5) is 13.0. The van der Waals surface area contributed by atoms with Crippen LogP contribution in [0.2, 0.25) is 0 Å². The molecule has 0 amide bonds. The zero-order valence-electron chi connectivity index (χ0n) is 43.5. The summed E-state index contributed by atoms with van der Waals surface area (Å²) < 4.78 is 34.3. The van der Waals surface area contributed by atoms with Crippen LogP contribution in [0, 0.1) is 0 Å². The third-order valence-electron chi connectivity index (χ3n) is 13.1. The lowest BCUT2D eigenvalue weighted by Gasteiger charge is -2.42. The van der Waals surface area contributed by atoms with Gasteiger partial charge in [-0.25, -0.2) is 0 Å². The van der Waals surface area contributed by atoms with Gasteiger partial charge < -0.3 is 64.2 Å². The molecule has 0 aromatic heterocycles. The molecule has 7 N–H and O–H groups in total. The molecule has 0 saturated carbocycles. The largest absolute Gasteiger partial charge is 0.457 e. The number of hydrogen-bond donors (Lipinski definition) is 7. The van der Waals surface area contributed by atoms with Crippen LogP contribution in [-0.4, -0.2) is 142 Å². The summed E-state index contributed by atoms with van der Waals surface area (Å²) in [6.07, 6.45) is 34.5. The molecule has 408 valence electrons. The second-order valence-corrected chi connectivity index (χ2v) is 19.4. The third kappa shape index (κ3) is 30.2. The maximum atomic E-state index is 13.0. The Labute approximate surface area is 422 Å². The predicted octanol–water partition coefficient (Wildman–Crippen LogP) is 9.13. The van der Waals surface area contributed by atoms with Gasteiger partial charge >= 0.3 is 5.97 Å². The van der Waals surface area contributed by atoms with Gasteiger partial charge in [0.15, 0.2) is 12.6 Å². The van der Waals surface area contributed by atoms with Crippen LogP contribution in [0.4, 0.5) is 0 Å². The van der Waals surface area contributed by atoms with Gasteiger partial charge in [-0.3, -0.25) is 4.79 Å². The van der Waals surface area contributed by atoms with E-state index >= 15 is 0 Å². The highest BCUT2D eigenvalue weighted by molar-refractivity contribution is 5.69. The van der Waals surface area contributed by atoms with Crippen molar-refractivity contribution in [2.45, 2.75) is 268 Å². The molecule has 2 fully saturated rings. The fourth-order valence-electron chi connectivity index (χ4n) is 8.59. The summed E-state index contributed by atoms with van der Waals surface area (Å²) in [5.41, 5.74) is 0. The molecule has 14 nitrogen and oxygen atoms in total. The van der Waals surface area contributed by atoms with Crippen molar-refractivity contribution in [2.24, 2.45) is 0 Å². The molecule has 14 heteroatoms. The fraction of sp³-hybridized carbons (Fsp3) is 0.839. The lowest BCUT2D eigenvalue weighted by Crippen LogP contribution is -2.61. The SMILES string of the molecule is CC/C=C\C/C=C\C/C=C\CCCCCCCCCCOCC(COC1OC(COC2OC(CO)C(O)C(O)C2O)C(O)C(O)C1O)OC(=O)CCCCCCCCC/C=C\CCCCCCCCC. The van der Waals surface area contributed by atoms with Crippen molar-refractivity contribution in [2.75, 3.05) is 33.0 Å². The monoisotopic (exact) mass is 997 g/mol. The van der Waals surface area contributed by atoms with Crippen LogP contribution in [0.3, 0.4) is 0 Å². The van der Waals surface area contributed by atoms with Gasteiger partial charge in [0.1, 0.15) is 54.9 Å². The minimum atomic E-state index is -1.71. The number of esters is 1. The average Bonchev–Trinajstić information content (AvgIpc) is 3.36. The molecule has 11 unspecified atom stereocenters. The molecule has 0 bridgehead atoms. The number of ether oxygens (including phenoxy) is 6. The van der Waals surface area contributed by atoms with Crippen molar-refractivity contribution >= 4 is 5.97 Å². The Hall–Kier alpha value is -2.05. The number of aliphatic hydroxyl groups excluding tert-OH is 7. The topological polar surface area (TPSA) is 214 Å². The van der Waals surface area contributed by atoms with Gasteiger partial charge in [0, 0.05) is 13.0 Å². The Kier molecular flexibility index (Phi) is 39.7. The molecule has 70 heavy (non-hydrogen) atoms. The minimum absolute atomic E-state index is 0.0543. The van der Waals surface area contributed by atoms with E-state index in [9.17, 15) is 40.5 Å². The maximum Gasteiger partial charge on any atom is 0.306 e. The first-order chi connectivity index (χ1) is 34.1. The Morgan fingerprint density at radius 2 is 0.929 bits per heavy atom. The zero-order chi connectivity index (χ0) is 50.9. The molecule has 2 saturated heterocycles. The van der Waals surface area contributed by atoms with Gasteiger partial charge in [0.05, 0.1) is 26.4 Å². The molecule has 0 aliphatic carbocycles. The van der Waals surface area contributed by atoms with Crippen LogP contribution >= 0.6 is 0 Å². The zero-order valence-corrected chi connectivity index (χ0v) is 43.5. The number of rotatable bonds is 44. The lowest BCUT2D eigenvalue weighted by atomic mass is 9.98. The van der Waals surface area contributed by atoms with Crippen LogP contribution in [0.25, 0.3) is 0 Å². The smallest absolute Gasteiger partial charge is 0.306 e. The first-order valence-electron chi connectivity index (χ1n) is 27.7. The number of unbranched alkanes of at least 4 members (excludes halogenated alkanes) is 22. The summed E-state index contributed by atoms with van der Waals surface area (Å²) in [6, 6.07) is 0. The van der Waals surface area contributed by atoms with Crippen LogP contribution in [0.15, 0.2) is 48.6 Å². The van der Waals surface area contributed by atoms with Gasteiger partial charge in [-0.1, -0.05) is 172 Å².